The number of aromatic nitrogens is 1. The van der Waals surface area contributed by atoms with Crippen LogP contribution in [0.3, 0.4) is 0 Å². The van der Waals surface area contributed by atoms with Crippen molar-refractivity contribution in [1.82, 2.24) is 20.9 Å². The molecule has 0 bridgehead atoms. The van der Waals surface area contributed by atoms with Crippen molar-refractivity contribution in [3.8, 4) is 0 Å². The second-order valence-electron chi connectivity index (χ2n) is 5.64. The molecule has 0 aliphatic carbocycles. The Morgan fingerprint density at radius 2 is 1.96 bits per heavy atom. The predicted octanol–water partition coefficient (Wildman–Crippen LogP) is 2.76. The number of carbonyl (C=O) groups is 1. The van der Waals surface area contributed by atoms with Gasteiger partial charge in [0.15, 0.2) is 11.7 Å². The maximum Gasteiger partial charge on any atom is 0.287 e. The van der Waals surface area contributed by atoms with Gasteiger partial charge in [0.1, 0.15) is 5.01 Å². The zero-order chi connectivity index (χ0) is 18.2. The molecule has 1 amide bonds. The maximum absolute atomic E-state index is 11.9. The number of nitrogens with zero attached hydrogens (tertiary/aromatic N) is 2. The number of furan rings is 1. The number of rotatable bonds is 7. The standard InChI is InChI=1S/C17H25N5O2S.HI/c1-11-6-9-24-15(11)16(23)19-7-5-8-20-17(18-4)21-10-14-22-12(2)13(3)25-14;/h6,9H,5,7-8,10H2,1-4H3,(H,19,23)(H2,18,20,21);1H. The molecule has 0 radical (unpaired) electrons. The molecule has 0 aromatic carbocycles. The Labute approximate surface area is 175 Å². The van der Waals surface area contributed by atoms with Crippen molar-refractivity contribution < 1.29 is 9.21 Å². The van der Waals surface area contributed by atoms with E-state index in [1.807, 2.05) is 13.8 Å². The first kappa shape index (κ1) is 22.4. The Morgan fingerprint density at radius 1 is 1.23 bits per heavy atom. The molecule has 2 rings (SSSR count). The second-order valence-corrected chi connectivity index (χ2v) is 6.93. The van der Waals surface area contributed by atoms with Crippen molar-refractivity contribution in [3.05, 3.63) is 39.2 Å². The molecule has 7 nitrogen and oxygen atoms in total. The van der Waals surface area contributed by atoms with Gasteiger partial charge in [-0.05, 0) is 33.3 Å². The van der Waals surface area contributed by atoms with E-state index in [1.54, 1.807) is 24.5 Å². The zero-order valence-electron chi connectivity index (χ0n) is 15.5. The number of aliphatic imine (C=N–C) groups is 1. The van der Waals surface area contributed by atoms with Crippen LogP contribution < -0.4 is 16.0 Å². The van der Waals surface area contributed by atoms with Crippen LogP contribution in [0.5, 0.6) is 0 Å². The quantitative estimate of drug-likeness (QED) is 0.240. The molecule has 144 valence electrons. The van der Waals surface area contributed by atoms with Crippen molar-refractivity contribution in [1.29, 1.82) is 0 Å². The normalized spacial score (nSPS) is 11.0. The molecule has 9 heteroatoms. The number of aryl methyl sites for hydroxylation is 3. The smallest absolute Gasteiger partial charge is 0.287 e. The van der Waals surface area contributed by atoms with Gasteiger partial charge in [0.2, 0.25) is 0 Å². The van der Waals surface area contributed by atoms with Gasteiger partial charge in [0.25, 0.3) is 5.91 Å². The first-order valence-corrected chi connectivity index (χ1v) is 9.02. The highest BCUT2D eigenvalue weighted by Crippen LogP contribution is 2.15. The highest BCUT2D eigenvalue weighted by atomic mass is 127. The molecule has 2 aromatic rings. The summed E-state index contributed by atoms with van der Waals surface area (Å²) >= 11 is 1.69. The summed E-state index contributed by atoms with van der Waals surface area (Å²) in [7, 11) is 1.73. The number of carbonyl (C=O) groups excluding carboxylic acids is 1. The Hall–Kier alpha value is -1.62. The lowest BCUT2D eigenvalue weighted by Gasteiger charge is -2.11. The van der Waals surface area contributed by atoms with Gasteiger partial charge in [-0.25, -0.2) is 4.98 Å². The van der Waals surface area contributed by atoms with E-state index in [0.717, 1.165) is 28.6 Å². The summed E-state index contributed by atoms with van der Waals surface area (Å²) in [4.78, 5) is 21.8. The summed E-state index contributed by atoms with van der Waals surface area (Å²) in [6.45, 7) is 7.85. The number of halogens is 1. The molecule has 0 fully saturated rings. The van der Waals surface area contributed by atoms with Crippen molar-refractivity contribution in [2.45, 2.75) is 33.7 Å². The average molecular weight is 491 g/mol. The van der Waals surface area contributed by atoms with Gasteiger partial charge in [-0.1, -0.05) is 0 Å². The number of hydrogen-bond acceptors (Lipinski definition) is 5. The van der Waals surface area contributed by atoms with E-state index in [4.69, 9.17) is 4.42 Å². The minimum absolute atomic E-state index is 0. The minimum atomic E-state index is -0.181. The summed E-state index contributed by atoms with van der Waals surface area (Å²) in [6, 6.07) is 1.78. The molecule has 0 aliphatic heterocycles. The fourth-order valence-corrected chi connectivity index (χ4v) is 3.05. The molecule has 3 N–H and O–H groups in total. The van der Waals surface area contributed by atoms with Crippen molar-refractivity contribution >= 4 is 47.2 Å². The fourth-order valence-electron chi connectivity index (χ4n) is 2.18. The van der Waals surface area contributed by atoms with Gasteiger partial charge in [0.05, 0.1) is 18.5 Å². The third kappa shape index (κ3) is 6.60. The Kier molecular flexibility index (Phi) is 9.63. The Bertz CT molecular complexity index is 722. The number of guanidine groups is 1. The first-order valence-electron chi connectivity index (χ1n) is 8.21. The van der Waals surface area contributed by atoms with Gasteiger partial charge in [0, 0.05) is 30.6 Å². The summed E-state index contributed by atoms with van der Waals surface area (Å²) in [5.41, 5.74) is 1.92. The fraction of sp³-hybridized carbons (Fsp3) is 0.471. The maximum atomic E-state index is 11.9. The average Bonchev–Trinajstić information content (AvgIpc) is 3.15. The zero-order valence-corrected chi connectivity index (χ0v) is 18.7. The van der Waals surface area contributed by atoms with E-state index in [9.17, 15) is 4.79 Å². The summed E-state index contributed by atoms with van der Waals surface area (Å²) in [5.74, 6) is 0.915. The van der Waals surface area contributed by atoms with Crippen LogP contribution in [0.2, 0.25) is 0 Å². The molecule has 0 atom stereocenters. The molecular weight excluding hydrogens is 465 g/mol. The van der Waals surface area contributed by atoms with Crippen LogP contribution in [0.25, 0.3) is 0 Å². The molecule has 2 aromatic heterocycles. The Morgan fingerprint density at radius 3 is 2.54 bits per heavy atom. The predicted molar refractivity (Wildman–Crippen MR) is 116 cm³/mol. The van der Waals surface area contributed by atoms with Crippen LogP contribution >= 0.6 is 35.3 Å². The van der Waals surface area contributed by atoms with Crippen LogP contribution in [0.15, 0.2) is 21.7 Å². The lowest BCUT2D eigenvalue weighted by atomic mass is 10.2. The van der Waals surface area contributed by atoms with Gasteiger partial charge < -0.3 is 20.4 Å². The van der Waals surface area contributed by atoms with Crippen LogP contribution in [0, 0.1) is 20.8 Å². The van der Waals surface area contributed by atoms with E-state index in [-0.39, 0.29) is 29.9 Å². The van der Waals surface area contributed by atoms with Crippen LogP contribution in [0.4, 0.5) is 0 Å². The van der Waals surface area contributed by atoms with Gasteiger partial charge >= 0.3 is 0 Å². The molecule has 0 spiro atoms. The second kappa shape index (κ2) is 11.2. The first-order chi connectivity index (χ1) is 12.0. The summed E-state index contributed by atoms with van der Waals surface area (Å²) in [5, 5.41) is 10.3. The van der Waals surface area contributed by atoms with Crippen LogP contribution in [-0.2, 0) is 6.54 Å². The molecular formula is C17H26IN5O2S. The minimum Gasteiger partial charge on any atom is -0.459 e. The number of hydrogen-bond donors (Lipinski definition) is 3. The largest absolute Gasteiger partial charge is 0.459 e. The van der Waals surface area contributed by atoms with E-state index in [2.05, 4.69) is 32.9 Å². The SMILES string of the molecule is CN=C(NCCCNC(=O)c1occc1C)NCc1nc(C)c(C)s1.I. The summed E-state index contributed by atoms with van der Waals surface area (Å²) < 4.78 is 5.16. The molecule has 2 heterocycles. The molecule has 26 heavy (non-hydrogen) atoms. The third-order valence-electron chi connectivity index (χ3n) is 3.70. The van der Waals surface area contributed by atoms with E-state index >= 15 is 0 Å². The highest BCUT2D eigenvalue weighted by Gasteiger charge is 2.11. The van der Waals surface area contributed by atoms with E-state index in [0.29, 0.717) is 25.4 Å². The number of nitrogens with one attached hydrogen (secondary N) is 3. The van der Waals surface area contributed by atoms with Gasteiger partial charge in [-0.2, -0.15) is 0 Å². The van der Waals surface area contributed by atoms with Crippen molar-refractivity contribution in [2.75, 3.05) is 20.1 Å². The molecule has 0 saturated heterocycles. The third-order valence-corrected chi connectivity index (χ3v) is 4.78. The highest BCUT2D eigenvalue weighted by molar-refractivity contribution is 14.0. The number of thiazole rings is 1. The van der Waals surface area contributed by atoms with Crippen LogP contribution in [0.1, 0.15) is 38.1 Å². The van der Waals surface area contributed by atoms with Gasteiger partial charge in [-0.3, -0.25) is 9.79 Å². The lowest BCUT2D eigenvalue weighted by Crippen LogP contribution is -2.38. The Balaban J connectivity index is 0.00000338. The van der Waals surface area contributed by atoms with Gasteiger partial charge in [-0.15, -0.1) is 35.3 Å². The topological polar surface area (TPSA) is 91.5 Å². The van der Waals surface area contributed by atoms with E-state index < -0.39 is 0 Å². The van der Waals surface area contributed by atoms with Crippen LogP contribution in [-0.4, -0.2) is 37.0 Å². The summed E-state index contributed by atoms with van der Waals surface area (Å²) in [6.07, 6.45) is 2.30. The van der Waals surface area contributed by atoms with Crippen molar-refractivity contribution in [3.63, 3.8) is 0 Å². The van der Waals surface area contributed by atoms with Crippen molar-refractivity contribution in [2.24, 2.45) is 4.99 Å². The molecule has 0 saturated carbocycles. The number of amides is 1. The van der Waals surface area contributed by atoms with E-state index in [1.165, 1.54) is 11.1 Å². The molecule has 0 unspecified atom stereocenters. The lowest BCUT2D eigenvalue weighted by molar-refractivity contribution is 0.0925. The molecule has 0 aliphatic rings. The monoisotopic (exact) mass is 491 g/mol.